The number of halogens is 2. The molecular weight excluding hydrogens is 231 g/mol. The van der Waals surface area contributed by atoms with E-state index in [1.54, 1.807) is 7.11 Å². The predicted molar refractivity (Wildman–Crippen MR) is 38.3 cm³/mol. The van der Waals surface area contributed by atoms with Gasteiger partial charge in [0.2, 0.25) is 0 Å². The van der Waals surface area contributed by atoms with Crippen LogP contribution in [0, 0.1) is 0 Å². The van der Waals surface area contributed by atoms with Crippen LogP contribution in [0.3, 0.4) is 0 Å². The third-order valence-corrected chi connectivity index (χ3v) is 3.77. The molecule has 0 saturated carbocycles. The molecular formula is C8H12Cl2OTi. The van der Waals surface area contributed by atoms with Crippen molar-refractivity contribution in [3.63, 3.8) is 0 Å². The Morgan fingerprint density at radius 1 is 1.42 bits per heavy atom. The molecule has 0 aromatic heterocycles. The van der Waals surface area contributed by atoms with Crippen molar-refractivity contribution in [2.45, 2.75) is 17.6 Å². The van der Waals surface area contributed by atoms with Crippen molar-refractivity contribution in [1.29, 1.82) is 0 Å². The van der Waals surface area contributed by atoms with Crippen LogP contribution in [0.2, 0.25) is 3.72 Å². The van der Waals surface area contributed by atoms with Gasteiger partial charge in [0.25, 0.3) is 0 Å². The first-order valence-electron chi connectivity index (χ1n) is 3.36. The largest absolute Gasteiger partial charge is 1.00 e. The van der Waals surface area contributed by atoms with Crippen molar-refractivity contribution in [3.05, 3.63) is 23.8 Å². The van der Waals surface area contributed by atoms with E-state index in [0.29, 0.717) is 0 Å². The van der Waals surface area contributed by atoms with Crippen molar-refractivity contribution in [3.8, 4) is 0 Å². The molecule has 0 fully saturated rings. The Balaban J connectivity index is 0. The zero-order valence-corrected chi connectivity index (χ0v) is 10.5. The molecule has 12 heavy (non-hydrogen) atoms. The standard InChI is InChI=1S/C7H9.CH3O.2ClH.Ti/c1-6-4-3-5-7(6)2;1-2;;;/h3-5H,1-2H3;1H3;2*1H;/q;-1;;;+3/p-2. The Bertz CT molecular complexity index is 191. The molecule has 1 aliphatic carbocycles. The Hall–Kier alpha value is 0.734. The number of allylic oxidation sites excluding steroid dienone is 4. The van der Waals surface area contributed by atoms with Gasteiger partial charge < -0.3 is 24.8 Å². The molecule has 0 radical (unpaired) electrons. The van der Waals surface area contributed by atoms with Crippen LogP contribution < -0.4 is 24.8 Å². The zero-order valence-electron chi connectivity index (χ0n) is 7.40. The van der Waals surface area contributed by atoms with Crippen LogP contribution in [0.25, 0.3) is 0 Å². The van der Waals surface area contributed by atoms with Gasteiger partial charge >= 0.3 is 71.3 Å². The van der Waals surface area contributed by atoms with Crippen LogP contribution in [0.4, 0.5) is 0 Å². The minimum atomic E-state index is -0.282. The fraction of sp³-hybridized carbons (Fsp3) is 0.500. The van der Waals surface area contributed by atoms with Crippen LogP contribution in [0.1, 0.15) is 13.8 Å². The minimum Gasteiger partial charge on any atom is -1.00 e. The molecule has 1 unspecified atom stereocenters. The van der Waals surface area contributed by atoms with Gasteiger partial charge in [0, 0.05) is 0 Å². The summed E-state index contributed by atoms with van der Waals surface area (Å²) in [5, 5.41) is 0. The Morgan fingerprint density at radius 2 is 2.00 bits per heavy atom. The van der Waals surface area contributed by atoms with Gasteiger partial charge in [-0.3, -0.25) is 0 Å². The van der Waals surface area contributed by atoms with E-state index in [0.717, 1.165) is 0 Å². The SMILES string of the molecule is C[O][Ti+2][C]1(C)C=CC=C1C.[Cl-].[Cl-]. The molecule has 0 aromatic carbocycles. The Labute approximate surface area is 95.9 Å². The van der Waals surface area contributed by atoms with E-state index in [1.165, 1.54) is 5.57 Å². The molecule has 0 N–H and O–H groups in total. The number of hydrogen-bond donors (Lipinski definition) is 0. The fourth-order valence-electron chi connectivity index (χ4n) is 1.02. The monoisotopic (exact) mass is 242 g/mol. The van der Waals surface area contributed by atoms with E-state index >= 15 is 0 Å². The molecule has 0 spiro atoms. The Kier molecular flexibility index (Phi) is 7.90. The van der Waals surface area contributed by atoms with Gasteiger partial charge in [0.1, 0.15) is 0 Å². The maximum absolute atomic E-state index is 5.23. The second-order valence-electron chi connectivity index (χ2n) is 2.72. The van der Waals surface area contributed by atoms with E-state index in [4.69, 9.17) is 3.32 Å². The van der Waals surface area contributed by atoms with Gasteiger partial charge in [-0.15, -0.1) is 0 Å². The van der Waals surface area contributed by atoms with Crippen molar-refractivity contribution < 1.29 is 47.7 Å². The molecule has 1 atom stereocenters. The summed E-state index contributed by atoms with van der Waals surface area (Å²) in [5.74, 6) is 0. The molecule has 0 amide bonds. The fourth-order valence-corrected chi connectivity index (χ4v) is 2.32. The quantitative estimate of drug-likeness (QED) is 0.454. The summed E-state index contributed by atoms with van der Waals surface area (Å²) >= 11 is -0.282. The maximum atomic E-state index is 5.23. The molecule has 0 heterocycles. The van der Waals surface area contributed by atoms with Gasteiger partial charge in [-0.25, -0.2) is 0 Å². The van der Waals surface area contributed by atoms with Crippen LogP contribution in [-0.2, 0) is 22.9 Å². The van der Waals surface area contributed by atoms with Gasteiger partial charge in [0.15, 0.2) is 0 Å². The van der Waals surface area contributed by atoms with Crippen LogP contribution in [0.15, 0.2) is 23.8 Å². The summed E-state index contributed by atoms with van der Waals surface area (Å²) < 4.78 is 5.52. The summed E-state index contributed by atoms with van der Waals surface area (Å²) in [6.45, 7) is 4.41. The molecule has 68 valence electrons. The second kappa shape index (κ2) is 6.23. The van der Waals surface area contributed by atoms with Crippen molar-refractivity contribution in [1.82, 2.24) is 0 Å². The van der Waals surface area contributed by atoms with Gasteiger partial charge in [-0.1, -0.05) is 0 Å². The first-order chi connectivity index (χ1) is 4.69. The average Bonchev–Trinajstić information content (AvgIpc) is 2.15. The molecule has 1 nitrogen and oxygen atoms in total. The van der Waals surface area contributed by atoms with Crippen LogP contribution in [-0.4, -0.2) is 7.11 Å². The molecule has 1 rings (SSSR count). The summed E-state index contributed by atoms with van der Waals surface area (Å²) in [6.07, 6.45) is 6.53. The number of rotatable bonds is 2. The van der Waals surface area contributed by atoms with Gasteiger partial charge in [-0.2, -0.15) is 0 Å². The molecule has 4 heteroatoms. The first kappa shape index (κ1) is 15.2. The molecule has 0 aliphatic heterocycles. The van der Waals surface area contributed by atoms with E-state index in [-0.39, 0.29) is 48.1 Å². The van der Waals surface area contributed by atoms with Crippen molar-refractivity contribution in [2.24, 2.45) is 0 Å². The van der Waals surface area contributed by atoms with E-state index < -0.39 is 0 Å². The molecule has 0 aromatic rings. The van der Waals surface area contributed by atoms with Crippen molar-refractivity contribution >= 4 is 0 Å². The number of hydrogen-bond acceptors (Lipinski definition) is 1. The first-order valence-corrected chi connectivity index (χ1v) is 4.77. The third kappa shape index (κ3) is 3.23. The van der Waals surface area contributed by atoms with Gasteiger partial charge in [0.05, 0.1) is 0 Å². The third-order valence-electron chi connectivity index (χ3n) is 1.91. The normalized spacial score (nSPS) is 25.1. The summed E-state index contributed by atoms with van der Waals surface area (Å²) in [4.78, 5) is 0. The van der Waals surface area contributed by atoms with E-state index in [1.807, 2.05) is 0 Å². The topological polar surface area (TPSA) is 9.23 Å². The predicted octanol–water partition coefficient (Wildman–Crippen LogP) is -3.67. The van der Waals surface area contributed by atoms with Crippen LogP contribution >= 0.6 is 0 Å². The summed E-state index contributed by atoms with van der Waals surface area (Å²) in [5.41, 5.74) is 1.44. The molecule has 0 bridgehead atoms. The van der Waals surface area contributed by atoms with Crippen LogP contribution in [0.5, 0.6) is 0 Å². The zero-order chi connectivity index (χ0) is 7.61. The Morgan fingerprint density at radius 3 is 2.33 bits per heavy atom. The van der Waals surface area contributed by atoms with Crippen molar-refractivity contribution in [2.75, 3.05) is 7.11 Å². The average molecular weight is 243 g/mol. The minimum absolute atomic E-state index is 0. The van der Waals surface area contributed by atoms with E-state index in [2.05, 4.69) is 32.1 Å². The second-order valence-corrected chi connectivity index (χ2v) is 5.30. The molecule has 0 saturated heterocycles. The van der Waals surface area contributed by atoms with Gasteiger partial charge in [-0.05, 0) is 0 Å². The summed E-state index contributed by atoms with van der Waals surface area (Å²) in [6, 6.07) is 0. The summed E-state index contributed by atoms with van der Waals surface area (Å²) in [7, 11) is 1.80. The smallest absolute Gasteiger partial charge is 1.00 e. The maximum Gasteiger partial charge on any atom is -1.00 e. The molecule has 1 aliphatic rings. The van der Waals surface area contributed by atoms with E-state index in [9.17, 15) is 0 Å².